The molecule has 0 unspecified atom stereocenters. The van der Waals surface area contributed by atoms with E-state index in [2.05, 4.69) is 9.72 Å². The number of nitrogens with zero attached hydrogens (tertiary/aromatic N) is 1. The van der Waals surface area contributed by atoms with Gasteiger partial charge in [-0.05, 0) is 12.1 Å². The zero-order valence-electron chi connectivity index (χ0n) is 7.80. The summed E-state index contributed by atoms with van der Waals surface area (Å²) in [5.74, 6) is -0.0343. The Labute approximate surface area is 69.8 Å². The van der Waals surface area contributed by atoms with Crippen molar-refractivity contribution in [2.75, 3.05) is 7.06 Å². The van der Waals surface area contributed by atoms with Crippen LogP contribution in [0.25, 0.3) is 0 Å². The number of hydrogen-bond donors (Lipinski definition) is 0. The number of aromatic nitrogens is 1. The van der Waals surface area contributed by atoms with E-state index in [1.165, 1.54) is 0 Å². The minimum atomic E-state index is -4.49. The van der Waals surface area contributed by atoms with Gasteiger partial charge in [-0.3, -0.25) is 0 Å². The predicted molar refractivity (Wildman–Crippen MR) is 35.8 cm³/mol. The lowest BCUT2D eigenvalue weighted by atomic mass is 10.3. The molecule has 0 saturated carbocycles. The number of pyridine rings is 1. The molecule has 0 atom stereocenters. The van der Waals surface area contributed by atoms with Crippen LogP contribution in [0, 0.1) is 0 Å². The normalized spacial score (nSPS) is 14.0. The second kappa shape index (κ2) is 3.00. The molecule has 0 bridgehead atoms. The molecule has 12 heavy (non-hydrogen) atoms. The molecule has 0 aliphatic rings. The molecule has 2 nitrogen and oxygen atoms in total. The Morgan fingerprint density at radius 1 is 1.50 bits per heavy atom. The van der Waals surface area contributed by atoms with Gasteiger partial charge < -0.3 is 4.74 Å². The number of halogens is 3. The van der Waals surface area contributed by atoms with E-state index in [9.17, 15) is 13.2 Å². The lowest BCUT2D eigenvalue weighted by Gasteiger charge is -2.05. The number of alkyl halides is 3. The summed E-state index contributed by atoms with van der Waals surface area (Å²) < 4.78 is 53.9. The van der Waals surface area contributed by atoms with Crippen LogP contribution in [0.1, 0.15) is 8.44 Å². The van der Waals surface area contributed by atoms with Gasteiger partial charge in [-0.1, -0.05) is 0 Å². The van der Waals surface area contributed by atoms with Gasteiger partial charge >= 0.3 is 6.18 Å². The molecule has 0 radical (unpaired) electrons. The van der Waals surface area contributed by atoms with Crippen LogP contribution in [0.4, 0.5) is 13.2 Å². The average Bonchev–Trinajstić information content (AvgIpc) is 2.02. The quantitative estimate of drug-likeness (QED) is 0.658. The van der Waals surface area contributed by atoms with Crippen LogP contribution in [0.5, 0.6) is 5.75 Å². The van der Waals surface area contributed by atoms with Crippen LogP contribution in [0.3, 0.4) is 0 Å². The van der Waals surface area contributed by atoms with E-state index in [1.807, 2.05) is 0 Å². The molecule has 0 saturated heterocycles. The van der Waals surface area contributed by atoms with Crippen LogP contribution in [0.2, 0.25) is 0 Å². The van der Waals surface area contributed by atoms with Crippen molar-refractivity contribution in [1.82, 2.24) is 4.98 Å². The first-order valence-electron chi connectivity index (χ1n) is 4.09. The third-order valence-corrected chi connectivity index (χ3v) is 1.16. The van der Waals surface area contributed by atoms with Crippen LogP contribution < -0.4 is 4.74 Å². The minimum absolute atomic E-state index is 0.0343. The molecule has 1 heterocycles. The van der Waals surface area contributed by atoms with Gasteiger partial charge in [0.05, 0.1) is 16.0 Å². The highest BCUT2D eigenvalue weighted by Crippen LogP contribution is 2.27. The van der Waals surface area contributed by atoms with Crippen molar-refractivity contribution in [3.63, 3.8) is 0 Å². The molecule has 5 heteroatoms. The molecule has 1 aromatic heterocycles. The van der Waals surface area contributed by atoms with Gasteiger partial charge in [0.2, 0.25) is 0 Å². The van der Waals surface area contributed by atoms with Gasteiger partial charge in [0.25, 0.3) is 0 Å². The SMILES string of the molecule is [2H]C([2H])Oc1ccc(C(F)(F)F)nc1. The average molecular weight is 179 g/mol. The van der Waals surface area contributed by atoms with E-state index in [-0.39, 0.29) is 5.75 Å². The first-order chi connectivity index (χ1) is 6.39. The molecule has 1 rings (SSSR count). The highest BCUT2D eigenvalue weighted by atomic mass is 19.4. The van der Waals surface area contributed by atoms with Crippen molar-refractivity contribution >= 4 is 0 Å². The fourth-order valence-electron chi connectivity index (χ4n) is 0.618. The Hall–Kier alpha value is -1.26. The fourth-order valence-corrected chi connectivity index (χ4v) is 0.618. The number of ether oxygens (including phenoxy) is 1. The van der Waals surface area contributed by atoms with E-state index >= 15 is 0 Å². The minimum Gasteiger partial charge on any atom is -0.495 e. The Morgan fingerprint density at radius 3 is 2.67 bits per heavy atom. The molecule has 0 N–H and O–H groups in total. The van der Waals surface area contributed by atoms with Gasteiger partial charge in [-0.25, -0.2) is 4.98 Å². The maximum Gasteiger partial charge on any atom is 0.433 e. The van der Waals surface area contributed by atoms with Crippen molar-refractivity contribution < 1.29 is 20.6 Å². The highest BCUT2D eigenvalue weighted by Gasteiger charge is 2.31. The molecule has 1 aromatic rings. The topological polar surface area (TPSA) is 22.1 Å². The maximum absolute atomic E-state index is 12.0. The van der Waals surface area contributed by atoms with E-state index in [0.717, 1.165) is 18.3 Å². The summed E-state index contributed by atoms with van der Waals surface area (Å²) in [6.07, 6.45) is -3.65. The third kappa shape index (κ3) is 1.87. The van der Waals surface area contributed by atoms with Crippen molar-refractivity contribution in [2.45, 2.75) is 6.18 Å². The first kappa shape index (κ1) is 6.28. The van der Waals surface area contributed by atoms with Gasteiger partial charge in [0.15, 0.2) is 0 Å². The van der Waals surface area contributed by atoms with Crippen LogP contribution >= 0.6 is 0 Å². The fraction of sp³-hybridized carbons (Fsp3) is 0.286. The second-order valence-corrected chi connectivity index (χ2v) is 1.99. The second-order valence-electron chi connectivity index (χ2n) is 1.99. The lowest BCUT2D eigenvalue weighted by Crippen LogP contribution is -2.07. The molecule has 0 aliphatic heterocycles. The predicted octanol–water partition coefficient (Wildman–Crippen LogP) is 2.11. The highest BCUT2D eigenvalue weighted by molar-refractivity contribution is 5.20. The van der Waals surface area contributed by atoms with Crippen molar-refractivity contribution in [3.05, 3.63) is 24.0 Å². The van der Waals surface area contributed by atoms with Gasteiger partial charge in [-0.15, -0.1) is 0 Å². The monoisotopic (exact) mass is 179 g/mol. The summed E-state index contributed by atoms with van der Waals surface area (Å²) in [7, 11) is -1.58. The largest absolute Gasteiger partial charge is 0.495 e. The Bertz CT molecular complexity index is 299. The van der Waals surface area contributed by atoms with E-state index in [1.54, 1.807) is 0 Å². The molecule has 0 amide bonds. The Morgan fingerprint density at radius 2 is 2.25 bits per heavy atom. The van der Waals surface area contributed by atoms with Crippen molar-refractivity contribution in [3.8, 4) is 5.75 Å². The number of methoxy groups -OCH3 is 1. The molecular weight excluding hydrogens is 171 g/mol. The Kier molecular flexibility index (Phi) is 1.57. The van der Waals surface area contributed by atoms with Gasteiger partial charge in [0.1, 0.15) is 11.4 Å². The summed E-state index contributed by atoms with van der Waals surface area (Å²) in [5.41, 5.74) is -1.03. The zero-order chi connectivity index (χ0) is 10.8. The molecule has 0 aromatic carbocycles. The number of rotatable bonds is 1. The zero-order valence-corrected chi connectivity index (χ0v) is 5.80. The first-order valence-corrected chi connectivity index (χ1v) is 2.94. The summed E-state index contributed by atoms with van der Waals surface area (Å²) in [6.45, 7) is 0. The van der Waals surface area contributed by atoms with Crippen LogP contribution in [-0.4, -0.2) is 12.0 Å². The van der Waals surface area contributed by atoms with Crippen LogP contribution in [0.15, 0.2) is 18.3 Å². The van der Waals surface area contributed by atoms with Crippen LogP contribution in [-0.2, 0) is 6.18 Å². The summed E-state index contributed by atoms with van der Waals surface area (Å²) in [5, 5.41) is 0. The van der Waals surface area contributed by atoms with Crippen molar-refractivity contribution in [2.24, 2.45) is 0 Å². The smallest absolute Gasteiger partial charge is 0.433 e. The molecular formula is C7H6F3NO. The van der Waals surface area contributed by atoms with Gasteiger partial charge in [0, 0.05) is 0 Å². The summed E-state index contributed by atoms with van der Waals surface area (Å²) in [4.78, 5) is 3.09. The summed E-state index contributed by atoms with van der Waals surface area (Å²) >= 11 is 0. The lowest BCUT2D eigenvalue weighted by molar-refractivity contribution is -0.141. The summed E-state index contributed by atoms with van der Waals surface area (Å²) in [6, 6.07) is 1.75. The van der Waals surface area contributed by atoms with E-state index in [4.69, 9.17) is 2.74 Å². The van der Waals surface area contributed by atoms with Gasteiger partial charge in [-0.2, -0.15) is 13.2 Å². The molecule has 0 spiro atoms. The maximum atomic E-state index is 12.0. The van der Waals surface area contributed by atoms with Crippen molar-refractivity contribution in [1.29, 1.82) is 0 Å². The Balaban J connectivity index is 2.79. The molecule has 66 valence electrons. The van der Waals surface area contributed by atoms with E-state index < -0.39 is 18.9 Å². The molecule has 0 aliphatic carbocycles. The number of hydrogen-bond acceptors (Lipinski definition) is 2. The third-order valence-electron chi connectivity index (χ3n) is 1.16. The molecule has 0 fully saturated rings. The standard InChI is InChI=1S/C7H6F3NO/c1-12-5-2-3-6(11-4-5)7(8,9)10/h2-4H,1H3/i1D2. The van der Waals surface area contributed by atoms with E-state index in [0.29, 0.717) is 0 Å².